The lowest BCUT2D eigenvalue weighted by atomic mass is 10.3. The van der Waals surface area contributed by atoms with Crippen LogP contribution < -0.4 is 5.73 Å². The normalized spacial score (nSPS) is 11.4. The Morgan fingerprint density at radius 1 is 1.78 bits per heavy atom. The molecule has 56 valence electrons. The summed E-state index contributed by atoms with van der Waals surface area (Å²) in [5, 5.41) is 15.9. The summed E-state index contributed by atoms with van der Waals surface area (Å²) in [7, 11) is 0.778. The maximum absolute atomic E-state index is 9.65. The molecule has 0 unspecified atom stereocenters. The van der Waals surface area contributed by atoms with Gasteiger partial charge in [-0.3, -0.25) is 4.79 Å². The van der Waals surface area contributed by atoms with Gasteiger partial charge in [0.05, 0.1) is 6.61 Å². The molecule has 0 fully saturated rings. The molecule has 0 aliphatic heterocycles. The summed E-state index contributed by atoms with van der Waals surface area (Å²) in [6.07, 6.45) is 0. The van der Waals surface area contributed by atoms with E-state index < -0.39 is 18.6 Å². The summed E-state index contributed by atoms with van der Waals surface area (Å²) in [6, 6.07) is -1.13. The molecule has 0 aliphatic rings. The molecule has 9 heavy (non-hydrogen) atoms. The molecule has 0 aromatic heterocycles. The van der Waals surface area contributed by atoms with Gasteiger partial charge in [-0.05, 0) is 0 Å². The first kappa shape index (κ1) is 11.7. The summed E-state index contributed by atoms with van der Waals surface area (Å²) in [5.74, 6) is -1.18. The fourth-order valence-corrected chi connectivity index (χ4v) is 0.0781. The monoisotopic (exact) mass is 171 g/mol. The Bertz CT molecular complexity index is 81.5. The van der Waals surface area contributed by atoms with Crippen LogP contribution in [0.3, 0.4) is 0 Å². The molecule has 0 saturated heterocycles. The lowest BCUT2D eigenvalue weighted by Gasteiger charge is -1.96. The Morgan fingerprint density at radius 3 is 2.11 bits per heavy atom. The second kappa shape index (κ2) is 7.90. The number of rotatable bonds is 2. The molecule has 0 aliphatic carbocycles. The third-order valence-electron chi connectivity index (χ3n) is 0.514. The molecule has 0 amide bonds. The van der Waals surface area contributed by atoms with Crippen LogP contribution in [0.4, 0.5) is 0 Å². The minimum absolute atomic E-state index is 0.505. The van der Waals surface area contributed by atoms with Crippen LogP contribution in [0.1, 0.15) is 0 Å². The minimum atomic E-state index is -1.18. The van der Waals surface area contributed by atoms with Crippen LogP contribution in [0, 0.1) is 0 Å². The van der Waals surface area contributed by atoms with Crippen molar-refractivity contribution in [3.63, 3.8) is 0 Å². The van der Waals surface area contributed by atoms with Gasteiger partial charge in [-0.1, -0.05) is 0 Å². The van der Waals surface area contributed by atoms with Gasteiger partial charge in [-0.2, -0.15) is 11.1 Å². The highest BCUT2D eigenvalue weighted by atomic mass is 35.6. The maximum Gasteiger partial charge on any atom is 0.322 e. The molecule has 4 N–H and O–H groups in total. The average molecular weight is 172 g/mol. The van der Waals surface area contributed by atoms with E-state index in [-0.39, 0.29) is 0 Å². The highest BCUT2D eigenvalue weighted by Crippen LogP contribution is 1.71. The van der Waals surface area contributed by atoms with E-state index in [1.807, 2.05) is 0 Å². The average Bonchev–Trinajstić information content (AvgIpc) is 1.91. The molecule has 0 spiro atoms. The van der Waals surface area contributed by atoms with Crippen molar-refractivity contribution in [3.05, 3.63) is 0 Å². The molecular formula is C3H10ClNO3Si. The van der Waals surface area contributed by atoms with Crippen LogP contribution in [-0.4, -0.2) is 38.4 Å². The van der Waals surface area contributed by atoms with E-state index >= 15 is 0 Å². The number of hydrogen-bond acceptors (Lipinski definition) is 3. The van der Waals surface area contributed by atoms with Crippen molar-refractivity contribution >= 4 is 26.6 Å². The van der Waals surface area contributed by atoms with Crippen molar-refractivity contribution < 1.29 is 15.0 Å². The summed E-state index contributed by atoms with van der Waals surface area (Å²) in [6.45, 7) is -0.505. The zero-order valence-electron chi connectivity index (χ0n) is 5.04. The van der Waals surface area contributed by atoms with Gasteiger partial charge in [-0.25, -0.2) is 0 Å². The largest absolute Gasteiger partial charge is 0.480 e. The summed E-state index contributed by atoms with van der Waals surface area (Å²) < 4.78 is 0. The Morgan fingerprint density at radius 2 is 2.11 bits per heavy atom. The van der Waals surface area contributed by atoms with Crippen LogP contribution in [-0.2, 0) is 4.79 Å². The number of aliphatic hydroxyl groups excluding tert-OH is 1. The van der Waals surface area contributed by atoms with Gasteiger partial charge in [0.25, 0.3) is 0 Å². The van der Waals surface area contributed by atoms with Gasteiger partial charge < -0.3 is 15.9 Å². The van der Waals surface area contributed by atoms with Crippen molar-refractivity contribution in [1.29, 1.82) is 0 Å². The number of aliphatic carboxylic acids is 1. The lowest BCUT2D eigenvalue weighted by Crippen LogP contribution is -2.33. The Labute approximate surface area is 60.7 Å². The molecule has 4 nitrogen and oxygen atoms in total. The van der Waals surface area contributed by atoms with Crippen molar-refractivity contribution in [2.24, 2.45) is 5.73 Å². The molecular weight excluding hydrogens is 162 g/mol. The van der Waals surface area contributed by atoms with Gasteiger partial charge in [0.2, 0.25) is 0 Å². The van der Waals surface area contributed by atoms with Crippen LogP contribution in [0.15, 0.2) is 0 Å². The molecule has 0 aromatic carbocycles. The number of carboxylic acid groups (broad SMARTS) is 1. The zero-order valence-corrected chi connectivity index (χ0v) is 7.80. The van der Waals surface area contributed by atoms with Crippen LogP contribution in [0.5, 0.6) is 0 Å². The van der Waals surface area contributed by atoms with Gasteiger partial charge in [0.15, 0.2) is 0 Å². The van der Waals surface area contributed by atoms with E-state index in [0.717, 1.165) is 9.55 Å². The van der Waals surface area contributed by atoms with Crippen molar-refractivity contribution in [1.82, 2.24) is 0 Å². The van der Waals surface area contributed by atoms with Gasteiger partial charge >= 0.3 is 5.97 Å². The Kier molecular flexibility index (Phi) is 10.2. The molecule has 0 radical (unpaired) electrons. The highest BCUT2D eigenvalue weighted by Gasteiger charge is 2.06. The van der Waals surface area contributed by atoms with E-state index in [2.05, 4.69) is 0 Å². The SMILES string of the molecule is N[C@@H](CO)C(=O)O.[SiH3]Cl. The quantitative estimate of drug-likeness (QED) is 0.328. The number of carbonyl (C=O) groups is 1. The maximum atomic E-state index is 9.65. The van der Waals surface area contributed by atoms with E-state index in [0.29, 0.717) is 0 Å². The minimum Gasteiger partial charge on any atom is -0.480 e. The van der Waals surface area contributed by atoms with Crippen LogP contribution in [0.2, 0.25) is 0 Å². The molecule has 6 heteroatoms. The smallest absolute Gasteiger partial charge is 0.322 e. The Hall–Kier alpha value is -0.103. The standard InChI is InChI=1S/C3H7NO3.ClH3Si/c4-2(1-5)3(6)7;1-2/h2,5H,1,4H2,(H,6,7);2H3/t2-;/m0./s1. The second-order valence-corrected chi connectivity index (χ2v) is 1.13. The Balaban J connectivity index is 0. The third-order valence-corrected chi connectivity index (χ3v) is 0.514. The van der Waals surface area contributed by atoms with Crippen molar-refractivity contribution in [2.75, 3.05) is 6.61 Å². The number of nitrogens with two attached hydrogens (primary N) is 1. The van der Waals surface area contributed by atoms with Crippen molar-refractivity contribution in [2.45, 2.75) is 6.04 Å². The fraction of sp³-hybridized carbons (Fsp3) is 0.667. The molecule has 1 atom stereocenters. The lowest BCUT2D eigenvalue weighted by molar-refractivity contribution is -0.139. The summed E-state index contributed by atoms with van der Waals surface area (Å²) in [5.41, 5.74) is 4.77. The van der Waals surface area contributed by atoms with E-state index in [1.165, 1.54) is 0 Å². The van der Waals surface area contributed by atoms with Gasteiger partial charge in [0, 0.05) is 0 Å². The molecule has 0 bridgehead atoms. The van der Waals surface area contributed by atoms with Crippen LogP contribution >= 0.6 is 11.1 Å². The highest BCUT2D eigenvalue weighted by molar-refractivity contribution is 6.80. The van der Waals surface area contributed by atoms with Crippen LogP contribution in [0.25, 0.3) is 0 Å². The number of carboxylic acids is 1. The predicted molar refractivity (Wildman–Crippen MR) is 38.5 cm³/mol. The summed E-state index contributed by atoms with van der Waals surface area (Å²) in [4.78, 5) is 9.65. The first-order chi connectivity index (χ1) is 4.18. The fourth-order valence-electron chi connectivity index (χ4n) is 0.0781. The number of halogens is 1. The van der Waals surface area contributed by atoms with Crippen molar-refractivity contribution in [3.8, 4) is 0 Å². The second-order valence-electron chi connectivity index (χ2n) is 1.13. The topological polar surface area (TPSA) is 83.5 Å². The van der Waals surface area contributed by atoms with E-state index in [9.17, 15) is 4.79 Å². The van der Waals surface area contributed by atoms with E-state index in [4.69, 9.17) is 27.0 Å². The van der Waals surface area contributed by atoms with Gasteiger partial charge in [0.1, 0.15) is 15.6 Å². The third kappa shape index (κ3) is 7.90. The first-order valence-electron chi connectivity index (χ1n) is 2.15. The van der Waals surface area contributed by atoms with E-state index in [1.54, 1.807) is 0 Å². The first-order valence-corrected chi connectivity index (χ1v) is 5.18. The summed E-state index contributed by atoms with van der Waals surface area (Å²) >= 11 is 4.78. The molecule has 0 rings (SSSR count). The molecule has 0 saturated carbocycles. The number of aliphatic hydroxyl groups is 1. The number of hydrogen-bond donors (Lipinski definition) is 3. The van der Waals surface area contributed by atoms with Gasteiger partial charge in [-0.15, -0.1) is 0 Å². The zero-order chi connectivity index (χ0) is 7.86. The predicted octanol–water partition coefficient (Wildman–Crippen LogP) is -2.10. The molecule has 0 aromatic rings. The molecule has 0 heterocycles.